The third-order valence-corrected chi connectivity index (χ3v) is 3.14. The summed E-state index contributed by atoms with van der Waals surface area (Å²) in [5.74, 6) is 0.139. The SMILES string of the molecule is CCOC(=O)NN=Cc1cc(I)cc(I)c1O. The van der Waals surface area contributed by atoms with Crippen molar-refractivity contribution in [2.24, 2.45) is 5.10 Å². The number of nitrogens with one attached hydrogen (secondary N) is 1. The van der Waals surface area contributed by atoms with E-state index in [0.29, 0.717) is 5.56 Å². The molecule has 0 aromatic heterocycles. The van der Waals surface area contributed by atoms with E-state index in [1.165, 1.54) is 6.21 Å². The highest BCUT2D eigenvalue weighted by Gasteiger charge is 2.05. The number of hydrogen-bond donors (Lipinski definition) is 2. The van der Waals surface area contributed by atoms with E-state index < -0.39 is 6.09 Å². The number of ether oxygens (including phenoxy) is 1. The van der Waals surface area contributed by atoms with Gasteiger partial charge in [-0.2, -0.15) is 5.10 Å². The summed E-state index contributed by atoms with van der Waals surface area (Å²) in [6.45, 7) is 1.99. The van der Waals surface area contributed by atoms with Crippen LogP contribution in [0.5, 0.6) is 5.75 Å². The van der Waals surface area contributed by atoms with E-state index in [-0.39, 0.29) is 12.4 Å². The summed E-state index contributed by atoms with van der Waals surface area (Å²) in [6.07, 6.45) is 0.750. The van der Waals surface area contributed by atoms with Crippen molar-refractivity contribution >= 4 is 57.5 Å². The van der Waals surface area contributed by atoms with E-state index in [0.717, 1.165) is 7.14 Å². The molecule has 0 atom stereocenters. The number of phenolic OH excluding ortho intramolecular Hbond substituents is 1. The molecule has 2 N–H and O–H groups in total. The Morgan fingerprint density at radius 3 is 2.94 bits per heavy atom. The largest absolute Gasteiger partial charge is 0.506 e. The first-order valence-electron chi connectivity index (χ1n) is 4.68. The predicted octanol–water partition coefficient (Wildman–Crippen LogP) is 2.68. The van der Waals surface area contributed by atoms with Gasteiger partial charge in [0.2, 0.25) is 0 Å². The number of benzene rings is 1. The normalized spacial score (nSPS) is 10.5. The van der Waals surface area contributed by atoms with Gasteiger partial charge in [0.05, 0.1) is 16.4 Å². The van der Waals surface area contributed by atoms with E-state index in [1.54, 1.807) is 13.0 Å². The van der Waals surface area contributed by atoms with E-state index >= 15 is 0 Å². The van der Waals surface area contributed by atoms with Crippen LogP contribution in [0.3, 0.4) is 0 Å². The quantitative estimate of drug-likeness (QED) is 0.415. The summed E-state index contributed by atoms with van der Waals surface area (Å²) < 4.78 is 6.33. The zero-order valence-electron chi connectivity index (χ0n) is 8.91. The van der Waals surface area contributed by atoms with Crippen LogP contribution in [-0.2, 0) is 4.74 Å². The molecule has 0 aliphatic carbocycles. The maximum absolute atomic E-state index is 10.9. The Morgan fingerprint density at radius 2 is 2.29 bits per heavy atom. The van der Waals surface area contributed by atoms with E-state index in [9.17, 15) is 9.90 Å². The molecule has 92 valence electrons. The fourth-order valence-corrected chi connectivity index (χ4v) is 2.89. The molecule has 0 bridgehead atoms. The summed E-state index contributed by atoms with van der Waals surface area (Å²) in [5.41, 5.74) is 2.73. The van der Waals surface area contributed by atoms with Crippen LogP contribution in [0.15, 0.2) is 17.2 Å². The molecule has 1 aromatic rings. The molecular formula is C10H10I2N2O3. The molecule has 0 spiro atoms. The van der Waals surface area contributed by atoms with Crippen molar-refractivity contribution in [1.29, 1.82) is 0 Å². The number of hydrazone groups is 1. The summed E-state index contributed by atoms with van der Waals surface area (Å²) in [5, 5.41) is 13.4. The van der Waals surface area contributed by atoms with Gasteiger partial charge in [0.15, 0.2) is 0 Å². The molecular weight excluding hydrogens is 450 g/mol. The van der Waals surface area contributed by atoms with Crippen LogP contribution >= 0.6 is 45.2 Å². The lowest BCUT2D eigenvalue weighted by atomic mass is 10.2. The second-order valence-electron chi connectivity index (χ2n) is 2.92. The number of amides is 1. The molecule has 1 amide bonds. The number of rotatable bonds is 3. The van der Waals surface area contributed by atoms with Crippen LogP contribution in [0.2, 0.25) is 0 Å². The van der Waals surface area contributed by atoms with Gasteiger partial charge in [-0.3, -0.25) is 0 Å². The van der Waals surface area contributed by atoms with E-state index in [2.05, 4.69) is 37.9 Å². The van der Waals surface area contributed by atoms with Crippen molar-refractivity contribution in [3.8, 4) is 5.75 Å². The smallest absolute Gasteiger partial charge is 0.427 e. The fraction of sp³-hybridized carbons (Fsp3) is 0.200. The summed E-state index contributed by atoms with van der Waals surface area (Å²) >= 11 is 4.16. The highest BCUT2D eigenvalue weighted by Crippen LogP contribution is 2.25. The van der Waals surface area contributed by atoms with Crippen molar-refractivity contribution < 1.29 is 14.6 Å². The van der Waals surface area contributed by atoms with Crippen molar-refractivity contribution in [3.05, 3.63) is 24.8 Å². The van der Waals surface area contributed by atoms with Gasteiger partial charge in [0.25, 0.3) is 0 Å². The first kappa shape index (κ1) is 14.5. The van der Waals surface area contributed by atoms with Crippen molar-refractivity contribution in [1.82, 2.24) is 5.43 Å². The monoisotopic (exact) mass is 460 g/mol. The zero-order chi connectivity index (χ0) is 12.8. The lowest BCUT2D eigenvalue weighted by Crippen LogP contribution is -2.18. The topological polar surface area (TPSA) is 70.9 Å². The lowest BCUT2D eigenvalue weighted by Gasteiger charge is -2.03. The van der Waals surface area contributed by atoms with Crippen LogP contribution in [0.4, 0.5) is 4.79 Å². The zero-order valence-corrected chi connectivity index (χ0v) is 13.2. The van der Waals surface area contributed by atoms with Crippen LogP contribution < -0.4 is 5.43 Å². The minimum Gasteiger partial charge on any atom is -0.506 e. The molecule has 0 saturated carbocycles. The van der Waals surface area contributed by atoms with E-state index in [4.69, 9.17) is 0 Å². The van der Waals surface area contributed by atoms with Gasteiger partial charge in [-0.15, -0.1) is 0 Å². The highest BCUT2D eigenvalue weighted by atomic mass is 127. The number of phenols is 1. The molecule has 17 heavy (non-hydrogen) atoms. The van der Waals surface area contributed by atoms with Crippen molar-refractivity contribution in [3.63, 3.8) is 0 Å². The minimum atomic E-state index is -0.622. The van der Waals surface area contributed by atoms with Gasteiger partial charge in [0.1, 0.15) is 5.75 Å². The fourth-order valence-electron chi connectivity index (χ4n) is 1.00. The first-order chi connectivity index (χ1) is 8.04. The van der Waals surface area contributed by atoms with Crippen LogP contribution in [0.25, 0.3) is 0 Å². The Hall–Kier alpha value is -0.580. The molecule has 0 aliphatic rings. The Balaban J connectivity index is 2.74. The average Bonchev–Trinajstić information content (AvgIpc) is 2.25. The van der Waals surface area contributed by atoms with E-state index in [1.807, 2.05) is 28.7 Å². The number of halogens is 2. The molecule has 0 unspecified atom stereocenters. The molecule has 1 rings (SSSR count). The van der Waals surface area contributed by atoms with Gasteiger partial charge in [0, 0.05) is 9.13 Å². The minimum absolute atomic E-state index is 0.139. The number of aromatic hydroxyl groups is 1. The highest BCUT2D eigenvalue weighted by molar-refractivity contribution is 14.1. The Morgan fingerprint density at radius 1 is 1.59 bits per heavy atom. The van der Waals surface area contributed by atoms with Gasteiger partial charge >= 0.3 is 6.09 Å². The predicted molar refractivity (Wildman–Crippen MR) is 81.3 cm³/mol. The third kappa shape index (κ3) is 4.66. The number of carbonyl (C=O) groups is 1. The maximum atomic E-state index is 10.9. The second-order valence-corrected chi connectivity index (χ2v) is 5.32. The Labute approximate surface area is 126 Å². The van der Waals surface area contributed by atoms with Crippen molar-refractivity contribution in [2.45, 2.75) is 6.92 Å². The Bertz CT molecular complexity index is 449. The van der Waals surface area contributed by atoms with Crippen LogP contribution in [0, 0.1) is 7.14 Å². The summed E-state index contributed by atoms with van der Waals surface area (Å²) in [7, 11) is 0. The third-order valence-electron chi connectivity index (χ3n) is 1.69. The molecule has 7 heteroatoms. The molecule has 1 aromatic carbocycles. The van der Waals surface area contributed by atoms with Gasteiger partial charge in [-0.1, -0.05) is 0 Å². The molecule has 0 aliphatic heterocycles. The number of carbonyl (C=O) groups excluding carboxylic acids is 1. The molecule has 0 heterocycles. The summed E-state index contributed by atoms with van der Waals surface area (Å²) in [6, 6.07) is 3.60. The van der Waals surface area contributed by atoms with Gasteiger partial charge in [-0.25, -0.2) is 10.2 Å². The maximum Gasteiger partial charge on any atom is 0.427 e. The van der Waals surface area contributed by atoms with Crippen LogP contribution in [0.1, 0.15) is 12.5 Å². The number of nitrogens with zero attached hydrogens (tertiary/aromatic N) is 1. The average molecular weight is 460 g/mol. The first-order valence-corrected chi connectivity index (χ1v) is 6.84. The molecule has 0 fully saturated rings. The van der Waals surface area contributed by atoms with Gasteiger partial charge < -0.3 is 9.84 Å². The van der Waals surface area contributed by atoms with Gasteiger partial charge in [-0.05, 0) is 64.2 Å². The molecule has 0 saturated heterocycles. The number of hydrogen-bond acceptors (Lipinski definition) is 4. The lowest BCUT2D eigenvalue weighted by molar-refractivity contribution is 0.152. The summed E-state index contributed by atoms with van der Waals surface area (Å²) in [4.78, 5) is 10.9. The van der Waals surface area contributed by atoms with Crippen molar-refractivity contribution in [2.75, 3.05) is 6.61 Å². The standard InChI is InChI=1S/C10H10I2N2O3/c1-2-17-10(16)14-13-5-6-3-7(11)4-8(12)9(6)15/h3-5,15H,2H2,1H3,(H,14,16). The second kappa shape index (κ2) is 6.99. The molecule has 0 radical (unpaired) electrons. The van der Waals surface area contributed by atoms with Crippen LogP contribution in [-0.4, -0.2) is 24.0 Å². The Kier molecular flexibility index (Phi) is 5.95. The molecule has 5 nitrogen and oxygen atoms in total.